The number of aromatic amines is 1. The molecule has 0 aliphatic rings. The molecule has 5 unspecified atom stereocenters. The van der Waals surface area contributed by atoms with Crippen molar-refractivity contribution in [2.45, 2.75) is 56.5 Å². The maximum atomic E-state index is 12.8. The van der Waals surface area contributed by atoms with E-state index in [2.05, 4.69) is 33.6 Å². The number of nitrogens with two attached hydrogens (primary N) is 2. The first-order chi connectivity index (χ1) is 17.4. The second kappa shape index (κ2) is 13.6. The molecule has 1 aromatic carbocycles. The minimum atomic E-state index is -1.55. The van der Waals surface area contributed by atoms with Gasteiger partial charge in [0.25, 0.3) is 0 Å². The van der Waals surface area contributed by atoms with Gasteiger partial charge in [-0.15, -0.1) is 0 Å². The van der Waals surface area contributed by atoms with Gasteiger partial charge in [0.1, 0.15) is 18.1 Å². The van der Waals surface area contributed by atoms with Crippen LogP contribution in [0.1, 0.15) is 25.3 Å². The summed E-state index contributed by atoms with van der Waals surface area (Å²) in [6.07, 6.45) is -0.0526. The second-order valence-electron chi connectivity index (χ2n) is 8.55. The van der Waals surface area contributed by atoms with E-state index in [4.69, 9.17) is 11.5 Å². The van der Waals surface area contributed by atoms with Crippen molar-refractivity contribution in [2.24, 2.45) is 11.5 Å². The van der Waals surface area contributed by atoms with Gasteiger partial charge in [0.2, 0.25) is 23.6 Å². The zero-order chi connectivity index (χ0) is 27.7. The zero-order valence-electron chi connectivity index (χ0n) is 20.1. The van der Waals surface area contributed by atoms with E-state index in [1.165, 1.54) is 6.92 Å². The maximum absolute atomic E-state index is 12.8. The fraction of sp³-hybridized carbons (Fsp3) is 0.435. The molecular weight excluding hydrogens is 504 g/mol. The number of rotatable bonds is 14. The number of carboxylic acid groups (broad SMARTS) is 1. The summed E-state index contributed by atoms with van der Waals surface area (Å²) in [5.74, 6) is -4.80. The highest BCUT2D eigenvalue weighted by atomic mass is 32.1. The lowest BCUT2D eigenvalue weighted by molar-refractivity contribution is -0.143. The normalized spacial score (nSPS) is 15.1. The minimum Gasteiger partial charge on any atom is -0.480 e. The predicted molar refractivity (Wildman–Crippen MR) is 137 cm³/mol. The predicted octanol–water partition coefficient (Wildman–Crippen LogP) is -1.85. The Morgan fingerprint density at radius 1 is 1.03 bits per heavy atom. The smallest absolute Gasteiger partial charge is 0.326 e. The van der Waals surface area contributed by atoms with Gasteiger partial charge < -0.3 is 42.6 Å². The van der Waals surface area contributed by atoms with Crippen LogP contribution < -0.4 is 27.4 Å². The van der Waals surface area contributed by atoms with Crippen molar-refractivity contribution in [1.82, 2.24) is 20.9 Å². The fourth-order valence-corrected chi connectivity index (χ4v) is 3.82. The number of fused-ring (bicyclic) bond motifs is 1. The Kier molecular flexibility index (Phi) is 10.9. The Morgan fingerprint density at radius 3 is 2.27 bits per heavy atom. The number of benzene rings is 1. The highest BCUT2D eigenvalue weighted by molar-refractivity contribution is 7.80. The summed E-state index contributed by atoms with van der Waals surface area (Å²) in [5, 5.41) is 27.2. The van der Waals surface area contributed by atoms with Crippen molar-refractivity contribution in [2.75, 3.05) is 5.75 Å². The van der Waals surface area contributed by atoms with Gasteiger partial charge in [0.05, 0.1) is 12.1 Å². The number of para-hydroxylation sites is 1. The number of nitrogens with one attached hydrogen (secondary N) is 4. The van der Waals surface area contributed by atoms with Gasteiger partial charge in [-0.3, -0.25) is 19.2 Å². The number of hydrogen-bond acceptors (Lipinski definition) is 8. The van der Waals surface area contributed by atoms with Crippen LogP contribution in [-0.2, 0) is 30.4 Å². The maximum Gasteiger partial charge on any atom is 0.326 e. The average Bonchev–Trinajstić information content (AvgIpc) is 3.25. The molecule has 0 saturated carbocycles. The van der Waals surface area contributed by atoms with Gasteiger partial charge in [-0.2, -0.15) is 12.6 Å². The number of aliphatic hydroxyl groups excluding tert-OH is 1. The summed E-state index contributed by atoms with van der Waals surface area (Å²) in [5.41, 5.74) is 12.8. The van der Waals surface area contributed by atoms with Crippen LogP contribution >= 0.6 is 12.6 Å². The summed E-state index contributed by atoms with van der Waals surface area (Å²) in [4.78, 5) is 63.5. The summed E-state index contributed by atoms with van der Waals surface area (Å²) in [6, 6.07) is 2.28. The van der Waals surface area contributed by atoms with Gasteiger partial charge in [-0.25, -0.2) is 4.79 Å². The van der Waals surface area contributed by atoms with E-state index < -0.39 is 59.9 Å². The van der Waals surface area contributed by atoms with Crippen molar-refractivity contribution in [3.05, 3.63) is 36.0 Å². The molecule has 0 radical (unpaired) electrons. The molecule has 13 nitrogen and oxygen atoms in total. The van der Waals surface area contributed by atoms with Crippen LogP contribution in [0.25, 0.3) is 10.9 Å². The van der Waals surface area contributed by atoms with Crippen LogP contribution in [-0.4, -0.2) is 80.8 Å². The minimum absolute atomic E-state index is 0.151. The third kappa shape index (κ3) is 8.48. The molecule has 1 heterocycles. The molecule has 1 aromatic heterocycles. The topological polar surface area (TPSA) is 230 Å². The standard InChI is InChI=1S/C23H32N6O7S/c1-11(30)19(22(34)27-16(23(35)36)6-7-18(25)31)29-21(33)17(10-37)28-20(32)14(24)8-12-9-26-15-5-3-2-4-13(12)15/h2-5,9,11,14,16-17,19,26,30,37H,6-8,10,24H2,1H3,(H2,25,31)(H,27,34)(H,28,32)(H,29,33)(H,35,36). The van der Waals surface area contributed by atoms with Crippen molar-refractivity contribution in [3.8, 4) is 0 Å². The largest absolute Gasteiger partial charge is 0.480 e. The van der Waals surface area contributed by atoms with Crippen LogP contribution in [0.15, 0.2) is 30.5 Å². The molecule has 0 bridgehead atoms. The number of carboxylic acids is 1. The SMILES string of the molecule is CC(O)C(NC(=O)C(CS)NC(=O)C(N)Cc1c[nH]c2ccccc12)C(=O)NC(CCC(N)=O)C(=O)O. The zero-order valence-corrected chi connectivity index (χ0v) is 21.0. The number of thiol groups is 1. The average molecular weight is 537 g/mol. The first kappa shape index (κ1) is 29.6. The number of primary amides is 1. The van der Waals surface area contributed by atoms with Crippen LogP contribution in [0.2, 0.25) is 0 Å². The van der Waals surface area contributed by atoms with E-state index in [-0.39, 0.29) is 25.0 Å². The number of carbonyl (C=O) groups excluding carboxylic acids is 4. The number of aliphatic carboxylic acids is 1. The summed E-state index contributed by atoms with van der Waals surface area (Å²) < 4.78 is 0. The Balaban J connectivity index is 2.01. The molecule has 0 spiro atoms. The van der Waals surface area contributed by atoms with E-state index in [9.17, 15) is 34.2 Å². The summed E-state index contributed by atoms with van der Waals surface area (Å²) in [7, 11) is 0. The van der Waals surface area contributed by atoms with E-state index in [1.807, 2.05) is 24.3 Å². The Labute approximate surface area is 218 Å². The molecule has 202 valence electrons. The number of aliphatic hydroxyl groups is 1. The molecule has 2 aromatic rings. The molecule has 14 heteroatoms. The molecule has 10 N–H and O–H groups in total. The van der Waals surface area contributed by atoms with Crippen LogP contribution in [0.4, 0.5) is 0 Å². The third-order valence-corrected chi connectivity index (χ3v) is 5.99. The molecule has 37 heavy (non-hydrogen) atoms. The molecule has 0 aliphatic carbocycles. The molecule has 5 atom stereocenters. The van der Waals surface area contributed by atoms with Crippen LogP contribution in [0, 0.1) is 0 Å². The van der Waals surface area contributed by atoms with Crippen LogP contribution in [0.3, 0.4) is 0 Å². The van der Waals surface area contributed by atoms with Gasteiger partial charge >= 0.3 is 5.97 Å². The van der Waals surface area contributed by atoms with Crippen molar-refractivity contribution in [3.63, 3.8) is 0 Å². The Bertz CT molecular complexity index is 1140. The van der Waals surface area contributed by atoms with E-state index >= 15 is 0 Å². The number of carbonyl (C=O) groups is 5. The number of H-pyrrole nitrogens is 1. The quantitative estimate of drug-likeness (QED) is 0.124. The van der Waals surface area contributed by atoms with Crippen molar-refractivity contribution < 1.29 is 34.2 Å². The van der Waals surface area contributed by atoms with Crippen LogP contribution in [0.5, 0.6) is 0 Å². The number of aromatic nitrogens is 1. The fourth-order valence-electron chi connectivity index (χ4n) is 3.57. The third-order valence-electron chi connectivity index (χ3n) is 5.62. The lowest BCUT2D eigenvalue weighted by Crippen LogP contribution is -2.60. The number of amides is 4. The highest BCUT2D eigenvalue weighted by Gasteiger charge is 2.32. The van der Waals surface area contributed by atoms with Gasteiger partial charge in [-0.05, 0) is 31.4 Å². The van der Waals surface area contributed by atoms with Crippen molar-refractivity contribution >= 4 is 53.1 Å². The molecule has 4 amide bonds. The lowest BCUT2D eigenvalue weighted by Gasteiger charge is -2.26. The van der Waals surface area contributed by atoms with Gasteiger partial charge in [0.15, 0.2) is 0 Å². The molecule has 0 aliphatic heterocycles. The summed E-state index contributed by atoms with van der Waals surface area (Å²) >= 11 is 4.08. The van der Waals surface area contributed by atoms with Crippen molar-refractivity contribution in [1.29, 1.82) is 0 Å². The number of hydrogen-bond donors (Lipinski definition) is 9. The van der Waals surface area contributed by atoms with E-state index in [0.717, 1.165) is 16.5 Å². The van der Waals surface area contributed by atoms with Gasteiger partial charge in [-0.1, -0.05) is 18.2 Å². The van der Waals surface area contributed by atoms with E-state index in [0.29, 0.717) is 0 Å². The highest BCUT2D eigenvalue weighted by Crippen LogP contribution is 2.18. The first-order valence-electron chi connectivity index (χ1n) is 11.5. The Hall–Kier alpha value is -3.62. The summed E-state index contributed by atoms with van der Waals surface area (Å²) in [6.45, 7) is 1.22. The van der Waals surface area contributed by atoms with E-state index in [1.54, 1.807) is 6.20 Å². The van der Waals surface area contributed by atoms with Gasteiger partial charge in [0, 0.05) is 29.3 Å². The molecule has 0 fully saturated rings. The molecular formula is C23H32N6O7S. The first-order valence-corrected chi connectivity index (χ1v) is 12.1. The Morgan fingerprint density at radius 2 is 1.68 bits per heavy atom. The second-order valence-corrected chi connectivity index (χ2v) is 8.91. The molecule has 0 saturated heterocycles. The molecule has 2 rings (SSSR count). The monoisotopic (exact) mass is 536 g/mol. The lowest BCUT2D eigenvalue weighted by atomic mass is 10.0.